The van der Waals surface area contributed by atoms with E-state index in [4.69, 9.17) is 9.26 Å². The molecule has 2 aromatic heterocycles. The van der Waals surface area contributed by atoms with Crippen LogP contribution in [0.1, 0.15) is 17.0 Å². The molecule has 0 spiro atoms. The Morgan fingerprint density at radius 2 is 2.41 bits per heavy atom. The van der Waals surface area contributed by atoms with Gasteiger partial charge in [0, 0.05) is 38.6 Å². The van der Waals surface area contributed by atoms with Crippen LogP contribution in [0.15, 0.2) is 27.4 Å². The van der Waals surface area contributed by atoms with Gasteiger partial charge in [0.2, 0.25) is 5.91 Å². The Hall–Kier alpha value is -1.66. The number of nitrogens with zero attached hydrogens (tertiary/aromatic N) is 2. The van der Waals surface area contributed by atoms with Crippen molar-refractivity contribution in [1.29, 1.82) is 0 Å². The SMILES string of the molecule is COC1CN(C(=O)Cc2ccsc2)CC1Cc1cc(C)no1. The van der Waals surface area contributed by atoms with Crippen molar-refractivity contribution in [3.05, 3.63) is 39.9 Å². The molecule has 1 aliphatic heterocycles. The molecule has 0 saturated carbocycles. The second kappa shape index (κ2) is 6.62. The van der Waals surface area contributed by atoms with Crippen LogP contribution in [0, 0.1) is 12.8 Å². The van der Waals surface area contributed by atoms with Gasteiger partial charge in [-0.3, -0.25) is 4.79 Å². The number of amides is 1. The number of carbonyl (C=O) groups is 1. The normalized spacial score (nSPS) is 21.5. The molecule has 2 aromatic rings. The molecule has 118 valence electrons. The van der Waals surface area contributed by atoms with Gasteiger partial charge >= 0.3 is 0 Å². The first-order chi connectivity index (χ1) is 10.7. The molecular formula is C16H20N2O3S. The van der Waals surface area contributed by atoms with E-state index < -0.39 is 0 Å². The van der Waals surface area contributed by atoms with Crippen LogP contribution >= 0.6 is 11.3 Å². The minimum Gasteiger partial charge on any atom is -0.379 e. The van der Waals surface area contributed by atoms with Crippen LogP contribution in [0.25, 0.3) is 0 Å². The average molecular weight is 320 g/mol. The first-order valence-corrected chi connectivity index (χ1v) is 8.34. The highest BCUT2D eigenvalue weighted by molar-refractivity contribution is 7.07. The summed E-state index contributed by atoms with van der Waals surface area (Å²) in [4.78, 5) is 14.3. The predicted octanol–water partition coefficient (Wildman–Crippen LogP) is 2.30. The molecule has 2 unspecified atom stereocenters. The number of methoxy groups -OCH3 is 1. The highest BCUT2D eigenvalue weighted by atomic mass is 32.1. The van der Waals surface area contributed by atoms with E-state index in [1.807, 2.05) is 34.7 Å². The summed E-state index contributed by atoms with van der Waals surface area (Å²) in [6, 6.07) is 3.95. The van der Waals surface area contributed by atoms with Crippen molar-refractivity contribution >= 4 is 17.2 Å². The molecule has 0 radical (unpaired) electrons. The van der Waals surface area contributed by atoms with E-state index in [0.717, 1.165) is 23.4 Å². The molecule has 1 fully saturated rings. The van der Waals surface area contributed by atoms with E-state index in [1.165, 1.54) is 0 Å². The van der Waals surface area contributed by atoms with Crippen LogP contribution in [0.5, 0.6) is 0 Å². The third kappa shape index (κ3) is 3.39. The van der Waals surface area contributed by atoms with Gasteiger partial charge in [0.05, 0.1) is 18.2 Å². The fourth-order valence-electron chi connectivity index (χ4n) is 2.96. The quantitative estimate of drug-likeness (QED) is 0.848. The summed E-state index contributed by atoms with van der Waals surface area (Å²) in [6.45, 7) is 3.27. The topological polar surface area (TPSA) is 55.6 Å². The second-order valence-corrected chi connectivity index (χ2v) is 6.56. The summed E-state index contributed by atoms with van der Waals surface area (Å²) in [5.74, 6) is 1.28. The molecule has 0 aliphatic carbocycles. The molecule has 1 saturated heterocycles. The van der Waals surface area contributed by atoms with Crippen LogP contribution in [-0.4, -0.2) is 42.3 Å². The van der Waals surface area contributed by atoms with E-state index in [0.29, 0.717) is 19.5 Å². The van der Waals surface area contributed by atoms with Crippen LogP contribution < -0.4 is 0 Å². The lowest BCUT2D eigenvalue weighted by molar-refractivity contribution is -0.129. The summed E-state index contributed by atoms with van der Waals surface area (Å²) < 4.78 is 10.9. The molecule has 5 nitrogen and oxygen atoms in total. The second-order valence-electron chi connectivity index (χ2n) is 5.78. The molecular weight excluding hydrogens is 300 g/mol. The van der Waals surface area contributed by atoms with Crippen LogP contribution in [0.3, 0.4) is 0 Å². The highest BCUT2D eigenvalue weighted by Crippen LogP contribution is 2.25. The van der Waals surface area contributed by atoms with Crippen LogP contribution in [0.4, 0.5) is 0 Å². The Morgan fingerprint density at radius 1 is 1.55 bits per heavy atom. The lowest BCUT2D eigenvalue weighted by Crippen LogP contribution is -2.31. The number of aromatic nitrogens is 1. The summed E-state index contributed by atoms with van der Waals surface area (Å²) in [5, 5.41) is 7.94. The molecule has 22 heavy (non-hydrogen) atoms. The van der Waals surface area contributed by atoms with Crippen molar-refractivity contribution in [3.8, 4) is 0 Å². The number of carbonyl (C=O) groups excluding carboxylic acids is 1. The van der Waals surface area contributed by atoms with E-state index >= 15 is 0 Å². The number of likely N-dealkylation sites (tertiary alicyclic amines) is 1. The van der Waals surface area contributed by atoms with Gasteiger partial charge in [-0.1, -0.05) is 5.16 Å². The molecule has 6 heteroatoms. The molecule has 1 amide bonds. The zero-order valence-electron chi connectivity index (χ0n) is 12.8. The molecule has 2 atom stereocenters. The van der Waals surface area contributed by atoms with E-state index in [-0.39, 0.29) is 17.9 Å². The number of ether oxygens (including phenoxy) is 1. The molecule has 1 aliphatic rings. The molecule has 0 bridgehead atoms. The fourth-order valence-corrected chi connectivity index (χ4v) is 3.63. The molecule has 0 N–H and O–H groups in total. The standard InChI is InChI=1S/C16H20N2O3S/c1-11-5-14(21-17-11)7-13-8-18(9-15(13)20-2)16(19)6-12-3-4-22-10-12/h3-5,10,13,15H,6-9H2,1-2H3. The maximum Gasteiger partial charge on any atom is 0.227 e. The van der Waals surface area contributed by atoms with Crippen molar-refractivity contribution < 1.29 is 14.1 Å². The molecule has 3 rings (SSSR count). The minimum atomic E-state index is 0.0526. The third-order valence-corrected chi connectivity index (χ3v) is 4.84. The van der Waals surface area contributed by atoms with E-state index in [2.05, 4.69) is 5.16 Å². The van der Waals surface area contributed by atoms with Gasteiger partial charge in [-0.25, -0.2) is 0 Å². The van der Waals surface area contributed by atoms with Gasteiger partial charge < -0.3 is 14.2 Å². The largest absolute Gasteiger partial charge is 0.379 e. The third-order valence-electron chi connectivity index (χ3n) is 4.11. The highest BCUT2D eigenvalue weighted by Gasteiger charge is 2.35. The van der Waals surface area contributed by atoms with Crippen molar-refractivity contribution in [2.75, 3.05) is 20.2 Å². The summed E-state index contributed by atoms with van der Waals surface area (Å²) >= 11 is 1.62. The maximum atomic E-state index is 12.4. The fraction of sp³-hybridized carbons (Fsp3) is 0.500. The Labute approximate surface area is 133 Å². The maximum absolute atomic E-state index is 12.4. The summed E-state index contributed by atoms with van der Waals surface area (Å²) in [7, 11) is 1.70. The van der Waals surface area contributed by atoms with Gasteiger partial charge in [-0.15, -0.1) is 0 Å². The smallest absolute Gasteiger partial charge is 0.227 e. The first-order valence-electron chi connectivity index (χ1n) is 7.39. The van der Waals surface area contributed by atoms with Crippen molar-refractivity contribution in [2.24, 2.45) is 5.92 Å². The molecule has 3 heterocycles. The molecule has 0 aromatic carbocycles. The predicted molar refractivity (Wildman–Crippen MR) is 83.8 cm³/mol. The average Bonchev–Trinajstić information content (AvgIpc) is 3.21. The van der Waals surface area contributed by atoms with Gasteiger partial charge in [-0.2, -0.15) is 11.3 Å². The number of aryl methyl sites for hydroxylation is 1. The Morgan fingerprint density at radius 3 is 3.05 bits per heavy atom. The van der Waals surface area contributed by atoms with Crippen molar-refractivity contribution in [3.63, 3.8) is 0 Å². The number of rotatable bonds is 5. The number of hydrogen-bond donors (Lipinski definition) is 0. The Kier molecular flexibility index (Phi) is 4.59. The van der Waals surface area contributed by atoms with Crippen molar-refractivity contribution in [1.82, 2.24) is 10.1 Å². The Balaban J connectivity index is 1.62. The van der Waals surface area contributed by atoms with Gasteiger partial charge in [0.1, 0.15) is 5.76 Å². The lowest BCUT2D eigenvalue weighted by Gasteiger charge is -2.15. The van der Waals surface area contributed by atoms with E-state index in [9.17, 15) is 4.79 Å². The van der Waals surface area contributed by atoms with Crippen molar-refractivity contribution in [2.45, 2.75) is 25.9 Å². The van der Waals surface area contributed by atoms with Gasteiger partial charge in [-0.05, 0) is 29.3 Å². The lowest BCUT2D eigenvalue weighted by atomic mass is 10.0. The Bertz CT molecular complexity index is 623. The zero-order valence-corrected chi connectivity index (χ0v) is 13.6. The van der Waals surface area contributed by atoms with Gasteiger partial charge in [0.25, 0.3) is 0 Å². The summed E-state index contributed by atoms with van der Waals surface area (Å²) in [5.41, 5.74) is 1.96. The monoisotopic (exact) mass is 320 g/mol. The van der Waals surface area contributed by atoms with Crippen LogP contribution in [-0.2, 0) is 22.4 Å². The number of hydrogen-bond acceptors (Lipinski definition) is 5. The van der Waals surface area contributed by atoms with Gasteiger partial charge in [0.15, 0.2) is 0 Å². The summed E-state index contributed by atoms with van der Waals surface area (Å²) in [6.07, 6.45) is 1.27. The minimum absolute atomic E-state index is 0.0526. The van der Waals surface area contributed by atoms with E-state index in [1.54, 1.807) is 18.4 Å². The number of thiophene rings is 1. The first kappa shape index (κ1) is 15.2. The van der Waals surface area contributed by atoms with Crippen LogP contribution in [0.2, 0.25) is 0 Å². The zero-order chi connectivity index (χ0) is 15.5.